The van der Waals surface area contributed by atoms with E-state index in [9.17, 15) is 14.9 Å². The van der Waals surface area contributed by atoms with Gasteiger partial charge in [0.15, 0.2) is 0 Å². The van der Waals surface area contributed by atoms with Gasteiger partial charge in [0.2, 0.25) is 5.91 Å². The zero-order valence-electron chi connectivity index (χ0n) is 19.5. The van der Waals surface area contributed by atoms with Gasteiger partial charge < -0.3 is 10.1 Å². The number of hydrogen-bond acceptors (Lipinski definition) is 5. The quantitative estimate of drug-likeness (QED) is 0.427. The summed E-state index contributed by atoms with van der Waals surface area (Å²) in [6, 6.07) is 22.0. The normalized spacial score (nSPS) is 17.8. The minimum Gasteiger partial charge on any atom is -0.462 e. The zero-order chi connectivity index (χ0) is 24.1. The molecule has 0 saturated carbocycles. The number of benzene rings is 2. The van der Waals surface area contributed by atoms with Gasteiger partial charge in [-0.1, -0.05) is 67.6 Å². The van der Waals surface area contributed by atoms with Crippen LogP contribution in [0.15, 0.2) is 60.7 Å². The third-order valence-corrected chi connectivity index (χ3v) is 7.69. The van der Waals surface area contributed by atoms with Crippen molar-refractivity contribution in [2.45, 2.75) is 50.9 Å². The van der Waals surface area contributed by atoms with Crippen LogP contribution in [0.5, 0.6) is 0 Å². The van der Waals surface area contributed by atoms with Gasteiger partial charge in [0.05, 0.1) is 29.6 Å². The summed E-state index contributed by atoms with van der Waals surface area (Å²) in [5.41, 5.74) is 2.61. The summed E-state index contributed by atoms with van der Waals surface area (Å²) >= 11 is 1.40. The molecule has 6 heteroatoms. The molecule has 2 unspecified atom stereocenters. The standard InChI is InChI=1S/C28H28N2O3S/c1-3-21(19-11-7-5-8-12-19)25(31)30-26-24(27(32)33-4-2)22-15-16-28(18-29,17-23(22)34-26)20-13-9-6-10-14-20/h5-14,21H,3-4,15-17H2,1-2H3,(H,30,31). The maximum atomic E-state index is 13.3. The summed E-state index contributed by atoms with van der Waals surface area (Å²) in [6.45, 7) is 4.00. The third-order valence-electron chi connectivity index (χ3n) is 6.54. The fourth-order valence-electron chi connectivity index (χ4n) is 4.75. The lowest BCUT2D eigenvalue weighted by Gasteiger charge is -2.31. The number of rotatable bonds is 7. The highest BCUT2D eigenvalue weighted by molar-refractivity contribution is 7.17. The Morgan fingerprint density at radius 3 is 2.41 bits per heavy atom. The van der Waals surface area contributed by atoms with E-state index < -0.39 is 11.4 Å². The maximum absolute atomic E-state index is 13.3. The van der Waals surface area contributed by atoms with Gasteiger partial charge in [-0.2, -0.15) is 5.26 Å². The van der Waals surface area contributed by atoms with Crippen LogP contribution in [-0.2, 0) is 27.8 Å². The average Bonchev–Trinajstić information content (AvgIpc) is 3.22. The number of anilines is 1. The van der Waals surface area contributed by atoms with E-state index in [0.29, 0.717) is 36.2 Å². The number of amides is 1. The van der Waals surface area contributed by atoms with Gasteiger partial charge in [0, 0.05) is 11.3 Å². The maximum Gasteiger partial charge on any atom is 0.341 e. The van der Waals surface area contributed by atoms with Crippen molar-refractivity contribution in [3.8, 4) is 6.07 Å². The fourth-order valence-corrected chi connectivity index (χ4v) is 6.10. The number of nitriles is 1. The van der Waals surface area contributed by atoms with Gasteiger partial charge in [0.25, 0.3) is 0 Å². The number of thiophene rings is 1. The van der Waals surface area contributed by atoms with Gasteiger partial charge in [-0.15, -0.1) is 11.3 Å². The highest BCUT2D eigenvalue weighted by Gasteiger charge is 2.40. The van der Waals surface area contributed by atoms with Crippen LogP contribution >= 0.6 is 11.3 Å². The van der Waals surface area contributed by atoms with Gasteiger partial charge in [0.1, 0.15) is 5.00 Å². The lowest BCUT2D eigenvalue weighted by Crippen LogP contribution is -2.31. The van der Waals surface area contributed by atoms with Crippen molar-refractivity contribution in [3.63, 3.8) is 0 Å². The van der Waals surface area contributed by atoms with E-state index in [1.54, 1.807) is 6.92 Å². The lowest BCUT2D eigenvalue weighted by atomic mass is 9.70. The lowest BCUT2D eigenvalue weighted by molar-refractivity contribution is -0.117. The molecule has 0 aliphatic heterocycles. The van der Waals surface area contributed by atoms with Crippen LogP contribution in [0.25, 0.3) is 0 Å². The molecule has 2 aromatic carbocycles. The first-order valence-corrected chi connectivity index (χ1v) is 12.5. The minimum absolute atomic E-state index is 0.146. The molecular weight excluding hydrogens is 444 g/mol. The molecule has 3 aromatic rings. The van der Waals surface area contributed by atoms with Gasteiger partial charge >= 0.3 is 5.97 Å². The molecule has 1 N–H and O–H groups in total. The van der Waals surface area contributed by atoms with Gasteiger partial charge in [-0.05, 0) is 42.9 Å². The van der Waals surface area contributed by atoms with Crippen LogP contribution < -0.4 is 5.32 Å². The van der Waals surface area contributed by atoms with Crippen LogP contribution in [-0.4, -0.2) is 18.5 Å². The van der Waals surface area contributed by atoms with E-state index in [1.165, 1.54) is 11.3 Å². The Bertz CT molecular complexity index is 1210. The van der Waals surface area contributed by atoms with Crippen molar-refractivity contribution < 1.29 is 14.3 Å². The van der Waals surface area contributed by atoms with Crippen molar-refractivity contribution in [1.29, 1.82) is 5.26 Å². The molecule has 1 aromatic heterocycles. The summed E-state index contributed by atoms with van der Waals surface area (Å²) in [7, 11) is 0. The number of esters is 1. The summed E-state index contributed by atoms with van der Waals surface area (Å²) < 4.78 is 5.36. The monoisotopic (exact) mass is 472 g/mol. The number of nitrogens with zero attached hydrogens (tertiary/aromatic N) is 1. The Hall–Kier alpha value is -3.43. The van der Waals surface area contributed by atoms with Crippen molar-refractivity contribution in [1.82, 2.24) is 0 Å². The molecule has 1 aliphatic carbocycles. The molecule has 0 bridgehead atoms. The molecule has 1 heterocycles. The molecule has 174 valence electrons. The molecule has 34 heavy (non-hydrogen) atoms. The topological polar surface area (TPSA) is 79.2 Å². The Morgan fingerprint density at radius 2 is 1.79 bits per heavy atom. The fraction of sp³-hybridized carbons (Fsp3) is 0.321. The minimum atomic E-state index is -0.650. The van der Waals surface area contributed by atoms with E-state index >= 15 is 0 Å². The molecule has 0 fully saturated rings. The van der Waals surface area contributed by atoms with E-state index in [0.717, 1.165) is 21.6 Å². The second kappa shape index (κ2) is 10.2. The summed E-state index contributed by atoms with van der Waals surface area (Å²) in [5, 5.41) is 13.7. The Kier molecular flexibility index (Phi) is 7.14. The van der Waals surface area contributed by atoms with Crippen molar-refractivity contribution in [3.05, 3.63) is 87.8 Å². The van der Waals surface area contributed by atoms with Crippen molar-refractivity contribution in [2.75, 3.05) is 11.9 Å². The SMILES string of the molecule is CCOC(=O)c1c(NC(=O)C(CC)c2ccccc2)sc2c1CCC(C#N)(c1ccccc1)C2. The second-order valence-electron chi connectivity index (χ2n) is 8.53. The number of nitrogens with one attached hydrogen (secondary N) is 1. The van der Waals surface area contributed by atoms with Crippen LogP contribution in [0.2, 0.25) is 0 Å². The number of fused-ring (bicyclic) bond motifs is 1. The average molecular weight is 473 g/mol. The number of ether oxygens (including phenoxy) is 1. The largest absolute Gasteiger partial charge is 0.462 e. The summed E-state index contributed by atoms with van der Waals surface area (Å²) in [5.74, 6) is -0.891. The van der Waals surface area contributed by atoms with E-state index in [2.05, 4.69) is 11.4 Å². The summed E-state index contributed by atoms with van der Waals surface area (Å²) in [4.78, 5) is 27.2. The number of hydrogen-bond donors (Lipinski definition) is 1. The predicted molar refractivity (Wildman–Crippen MR) is 134 cm³/mol. The highest BCUT2D eigenvalue weighted by atomic mass is 32.1. The van der Waals surface area contributed by atoms with E-state index in [4.69, 9.17) is 4.74 Å². The first-order valence-electron chi connectivity index (χ1n) is 11.7. The van der Waals surface area contributed by atoms with Crippen molar-refractivity contribution >= 4 is 28.2 Å². The predicted octanol–water partition coefficient (Wildman–Crippen LogP) is 6.01. The Morgan fingerprint density at radius 1 is 1.12 bits per heavy atom. The highest BCUT2D eigenvalue weighted by Crippen LogP contribution is 2.45. The van der Waals surface area contributed by atoms with Crippen LogP contribution in [0.1, 0.15) is 64.5 Å². The van der Waals surface area contributed by atoms with Gasteiger partial charge in [-0.3, -0.25) is 4.79 Å². The molecule has 0 saturated heterocycles. The molecule has 1 amide bonds. The second-order valence-corrected chi connectivity index (χ2v) is 9.63. The van der Waals surface area contributed by atoms with E-state index in [-0.39, 0.29) is 18.4 Å². The molecule has 4 rings (SSSR count). The first kappa shape index (κ1) is 23.7. The molecule has 0 radical (unpaired) electrons. The van der Waals surface area contributed by atoms with Crippen LogP contribution in [0.4, 0.5) is 5.00 Å². The molecular formula is C28H28N2O3S. The smallest absolute Gasteiger partial charge is 0.341 e. The van der Waals surface area contributed by atoms with E-state index in [1.807, 2.05) is 67.6 Å². The van der Waals surface area contributed by atoms with Crippen LogP contribution in [0.3, 0.4) is 0 Å². The Labute approximate surface area is 204 Å². The number of carbonyl (C=O) groups is 2. The molecule has 1 aliphatic rings. The first-order chi connectivity index (χ1) is 16.5. The molecule has 0 spiro atoms. The summed E-state index contributed by atoms with van der Waals surface area (Å²) in [6.07, 6.45) is 2.33. The third kappa shape index (κ3) is 4.49. The van der Waals surface area contributed by atoms with Crippen LogP contribution in [0, 0.1) is 11.3 Å². The molecule has 5 nitrogen and oxygen atoms in total. The number of carbonyl (C=O) groups excluding carboxylic acids is 2. The van der Waals surface area contributed by atoms with Crippen molar-refractivity contribution in [2.24, 2.45) is 0 Å². The molecule has 2 atom stereocenters. The zero-order valence-corrected chi connectivity index (χ0v) is 20.3. The Balaban J connectivity index is 1.70. The van der Waals surface area contributed by atoms with Gasteiger partial charge in [-0.25, -0.2) is 4.79 Å².